The van der Waals surface area contributed by atoms with E-state index in [1.54, 1.807) is 13.0 Å². The van der Waals surface area contributed by atoms with Crippen molar-refractivity contribution in [2.24, 2.45) is 5.92 Å². The van der Waals surface area contributed by atoms with E-state index in [0.29, 0.717) is 11.7 Å². The summed E-state index contributed by atoms with van der Waals surface area (Å²) in [6, 6.07) is 1.62. The SMILES string of the molecule is CCC(C)CN(C)Cc1cc(C(=O)O)oc1C. The van der Waals surface area contributed by atoms with Gasteiger partial charge in [0.2, 0.25) is 5.76 Å². The van der Waals surface area contributed by atoms with Gasteiger partial charge in [-0.3, -0.25) is 0 Å². The molecule has 4 heteroatoms. The molecule has 4 nitrogen and oxygen atoms in total. The fraction of sp³-hybridized carbons (Fsp3) is 0.615. The first-order chi connectivity index (χ1) is 7.93. The van der Waals surface area contributed by atoms with Crippen molar-refractivity contribution in [2.45, 2.75) is 33.7 Å². The third kappa shape index (κ3) is 3.89. The zero-order chi connectivity index (χ0) is 13.0. The summed E-state index contributed by atoms with van der Waals surface area (Å²) in [7, 11) is 2.04. The molecule has 0 aliphatic rings. The maximum Gasteiger partial charge on any atom is 0.371 e. The molecule has 0 aliphatic heterocycles. The van der Waals surface area contributed by atoms with Gasteiger partial charge in [-0.25, -0.2) is 4.79 Å². The number of rotatable bonds is 6. The highest BCUT2D eigenvalue weighted by atomic mass is 16.4. The molecule has 1 atom stereocenters. The lowest BCUT2D eigenvalue weighted by molar-refractivity contribution is 0.0661. The van der Waals surface area contributed by atoms with Crippen LogP contribution >= 0.6 is 0 Å². The van der Waals surface area contributed by atoms with Gasteiger partial charge in [-0.1, -0.05) is 20.3 Å². The van der Waals surface area contributed by atoms with Crippen LogP contribution in [0.25, 0.3) is 0 Å². The molecule has 0 amide bonds. The molecule has 0 bridgehead atoms. The van der Waals surface area contributed by atoms with Gasteiger partial charge >= 0.3 is 5.97 Å². The number of carboxylic acids is 1. The molecule has 0 aliphatic carbocycles. The van der Waals surface area contributed by atoms with E-state index in [1.165, 1.54) is 0 Å². The Morgan fingerprint density at radius 3 is 2.71 bits per heavy atom. The minimum Gasteiger partial charge on any atom is -0.475 e. The molecule has 0 fully saturated rings. The molecule has 1 unspecified atom stereocenters. The predicted molar refractivity (Wildman–Crippen MR) is 66.2 cm³/mol. The topological polar surface area (TPSA) is 53.7 Å². The van der Waals surface area contributed by atoms with Crippen LogP contribution in [0.1, 0.15) is 42.1 Å². The third-order valence-electron chi connectivity index (χ3n) is 2.99. The highest BCUT2D eigenvalue weighted by Gasteiger charge is 2.14. The molecular weight excluding hydrogens is 218 g/mol. The molecule has 1 aromatic heterocycles. The van der Waals surface area contributed by atoms with Gasteiger partial charge in [0.05, 0.1) is 0 Å². The van der Waals surface area contributed by atoms with Gasteiger partial charge in [0.1, 0.15) is 5.76 Å². The second-order valence-corrected chi connectivity index (χ2v) is 4.71. The van der Waals surface area contributed by atoms with Crippen LogP contribution in [0.4, 0.5) is 0 Å². The van der Waals surface area contributed by atoms with E-state index < -0.39 is 5.97 Å². The molecule has 96 valence electrons. The molecule has 1 heterocycles. The van der Waals surface area contributed by atoms with Crippen LogP contribution in [0.3, 0.4) is 0 Å². The maximum atomic E-state index is 10.8. The standard InChI is InChI=1S/C13H21NO3/c1-5-9(2)7-14(4)8-11-6-12(13(15)16)17-10(11)3/h6,9H,5,7-8H2,1-4H3,(H,15,16). The zero-order valence-electron chi connectivity index (χ0n) is 11.0. The Labute approximate surface area is 102 Å². The lowest BCUT2D eigenvalue weighted by Gasteiger charge is -2.19. The number of nitrogens with zero attached hydrogens (tertiary/aromatic N) is 1. The highest BCUT2D eigenvalue weighted by Crippen LogP contribution is 2.17. The van der Waals surface area contributed by atoms with Gasteiger partial charge in [-0.2, -0.15) is 0 Å². The summed E-state index contributed by atoms with van der Waals surface area (Å²) in [4.78, 5) is 13.0. The van der Waals surface area contributed by atoms with Crippen LogP contribution in [-0.2, 0) is 6.54 Å². The summed E-state index contributed by atoms with van der Waals surface area (Å²) in [6.45, 7) is 7.92. The second-order valence-electron chi connectivity index (χ2n) is 4.71. The molecule has 1 aromatic rings. The Kier molecular flexibility index (Phi) is 4.75. The van der Waals surface area contributed by atoms with Crippen molar-refractivity contribution in [1.82, 2.24) is 4.90 Å². The van der Waals surface area contributed by atoms with Gasteiger partial charge in [0.25, 0.3) is 0 Å². The molecule has 0 spiro atoms. The summed E-state index contributed by atoms with van der Waals surface area (Å²) in [5.74, 6) is 0.350. The second kappa shape index (κ2) is 5.87. The van der Waals surface area contributed by atoms with E-state index in [2.05, 4.69) is 18.7 Å². The summed E-state index contributed by atoms with van der Waals surface area (Å²) < 4.78 is 5.18. The van der Waals surface area contributed by atoms with Gasteiger partial charge in [0.15, 0.2) is 0 Å². The van der Waals surface area contributed by atoms with Crippen molar-refractivity contribution in [3.8, 4) is 0 Å². The van der Waals surface area contributed by atoms with Crippen LogP contribution < -0.4 is 0 Å². The third-order valence-corrected chi connectivity index (χ3v) is 2.99. The van der Waals surface area contributed by atoms with E-state index in [9.17, 15) is 4.79 Å². The van der Waals surface area contributed by atoms with Crippen molar-refractivity contribution in [2.75, 3.05) is 13.6 Å². The molecule has 0 saturated carbocycles. The maximum absolute atomic E-state index is 10.8. The van der Waals surface area contributed by atoms with Crippen LogP contribution in [0.15, 0.2) is 10.5 Å². The summed E-state index contributed by atoms with van der Waals surface area (Å²) in [5, 5.41) is 8.83. The van der Waals surface area contributed by atoms with Gasteiger partial charge in [0, 0.05) is 18.7 Å². The number of aryl methyl sites for hydroxylation is 1. The van der Waals surface area contributed by atoms with E-state index in [0.717, 1.165) is 25.1 Å². The smallest absolute Gasteiger partial charge is 0.371 e. The van der Waals surface area contributed by atoms with E-state index >= 15 is 0 Å². The summed E-state index contributed by atoms with van der Waals surface area (Å²) in [5.41, 5.74) is 0.952. The monoisotopic (exact) mass is 239 g/mol. The number of hydrogen-bond acceptors (Lipinski definition) is 3. The van der Waals surface area contributed by atoms with Crippen LogP contribution in [0, 0.1) is 12.8 Å². The van der Waals surface area contributed by atoms with Gasteiger partial charge in [-0.05, 0) is 26.0 Å². The average Bonchev–Trinajstić information content (AvgIpc) is 2.60. The molecule has 0 radical (unpaired) electrons. The number of hydrogen-bond donors (Lipinski definition) is 1. The van der Waals surface area contributed by atoms with Gasteiger partial charge in [-0.15, -0.1) is 0 Å². The Morgan fingerprint density at radius 2 is 2.24 bits per heavy atom. The Hall–Kier alpha value is -1.29. The average molecular weight is 239 g/mol. The van der Waals surface area contributed by atoms with Crippen molar-refractivity contribution in [3.05, 3.63) is 23.2 Å². The minimum atomic E-state index is -1.01. The van der Waals surface area contributed by atoms with E-state index in [-0.39, 0.29) is 5.76 Å². The lowest BCUT2D eigenvalue weighted by atomic mass is 10.1. The lowest BCUT2D eigenvalue weighted by Crippen LogP contribution is -2.23. The van der Waals surface area contributed by atoms with Gasteiger partial charge < -0.3 is 14.4 Å². The Morgan fingerprint density at radius 1 is 1.59 bits per heavy atom. The number of aromatic carboxylic acids is 1. The first-order valence-corrected chi connectivity index (χ1v) is 5.95. The van der Waals surface area contributed by atoms with Crippen LogP contribution in [0.5, 0.6) is 0 Å². The first kappa shape index (κ1) is 13.8. The van der Waals surface area contributed by atoms with Crippen molar-refractivity contribution in [1.29, 1.82) is 0 Å². The van der Waals surface area contributed by atoms with E-state index in [4.69, 9.17) is 9.52 Å². The number of carboxylic acid groups (broad SMARTS) is 1. The van der Waals surface area contributed by atoms with Crippen molar-refractivity contribution in [3.63, 3.8) is 0 Å². The minimum absolute atomic E-state index is 0.0226. The molecule has 17 heavy (non-hydrogen) atoms. The summed E-state index contributed by atoms with van der Waals surface area (Å²) in [6.07, 6.45) is 1.15. The number of carbonyl (C=O) groups is 1. The molecule has 1 rings (SSSR count). The Balaban J connectivity index is 2.65. The predicted octanol–water partition coefficient (Wildman–Crippen LogP) is 2.76. The highest BCUT2D eigenvalue weighted by molar-refractivity contribution is 5.84. The first-order valence-electron chi connectivity index (χ1n) is 5.95. The molecule has 0 aromatic carbocycles. The van der Waals surface area contributed by atoms with Crippen molar-refractivity contribution >= 4 is 5.97 Å². The fourth-order valence-electron chi connectivity index (χ4n) is 1.80. The zero-order valence-corrected chi connectivity index (χ0v) is 11.0. The normalized spacial score (nSPS) is 13.0. The number of furan rings is 1. The fourth-order valence-corrected chi connectivity index (χ4v) is 1.80. The molecular formula is C13H21NO3. The van der Waals surface area contributed by atoms with E-state index in [1.807, 2.05) is 7.05 Å². The van der Waals surface area contributed by atoms with Crippen molar-refractivity contribution < 1.29 is 14.3 Å². The Bertz CT molecular complexity index is 384. The summed E-state index contributed by atoms with van der Waals surface area (Å²) >= 11 is 0. The molecule has 1 N–H and O–H groups in total. The quantitative estimate of drug-likeness (QED) is 0.829. The largest absolute Gasteiger partial charge is 0.475 e. The van der Waals surface area contributed by atoms with Crippen LogP contribution in [-0.4, -0.2) is 29.6 Å². The van der Waals surface area contributed by atoms with Crippen LogP contribution in [0.2, 0.25) is 0 Å². The molecule has 0 saturated heterocycles.